The molecule has 0 aliphatic carbocycles. The minimum Gasteiger partial charge on any atom is -0.330 e. The van der Waals surface area contributed by atoms with Crippen molar-refractivity contribution < 1.29 is 0 Å². The zero-order valence-electron chi connectivity index (χ0n) is 35.2. The van der Waals surface area contributed by atoms with Gasteiger partial charge in [-0.1, -0.05) is 194 Å². The van der Waals surface area contributed by atoms with Gasteiger partial charge in [0.2, 0.25) is 0 Å². The maximum atomic E-state index is 5.79. The van der Waals surface area contributed by atoms with E-state index < -0.39 is 0 Å². The average molecular weight is 707 g/mol. The lowest BCUT2D eigenvalue weighted by Gasteiger charge is -2.25. The first-order valence-electron chi connectivity index (χ1n) is 23.6. The number of unbranched alkanes of at least 4 members (excludes halogenated alkanes) is 31. The molecule has 0 atom stereocenters. The smallest absolute Gasteiger partial charge is 0.00183 e. The van der Waals surface area contributed by atoms with Crippen molar-refractivity contribution in [1.82, 2.24) is 9.80 Å². The van der Waals surface area contributed by atoms with E-state index in [4.69, 9.17) is 11.5 Å². The molecule has 50 heavy (non-hydrogen) atoms. The van der Waals surface area contributed by atoms with Crippen LogP contribution in [0.25, 0.3) is 0 Å². The van der Waals surface area contributed by atoms with Gasteiger partial charge in [0.1, 0.15) is 0 Å². The van der Waals surface area contributed by atoms with Crippen molar-refractivity contribution >= 4 is 0 Å². The monoisotopic (exact) mass is 707 g/mol. The molecule has 0 bridgehead atoms. The molecule has 0 aromatic carbocycles. The van der Waals surface area contributed by atoms with Crippen LogP contribution in [0.1, 0.15) is 245 Å². The third kappa shape index (κ3) is 40.6. The minimum atomic E-state index is 0.847. The van der Waals surface area contributed by atoms with Crippen LogP contribution in [0.4, 0.5) is 0 Å². The van der Waals surface area contributed by atoms with E-state index in [1.165, 1.54) is 270 Å². The van der Waals surface area contributed by atoms with Crippen LogP contribution < -0.4 is 11.5 Å². The Morgan fingerprint density at radius 3 is 0.580 bits per heavy atom. The highest BCUT2D eigenvalue weighted by Crippen LogP contribution is 2.15. The second-order valence-electron chi connectivity index (χ2n) is 16.3. The molecule has 4 N–H and O–H groups in total. The maximum Gasteiger partial charge on any atom is -0.00183 e. The van der Waals surface area contributed by atoms with Crippen molar-refractivity contribution in [1.29, 1.82) is 0 Å². The summed E-state index contributed by atoms with van der Waals surface area (Å²) in [5, 5.41) is 0. The van der Waals surface area contributed by atoms with E-state index in [1.54, 1.807) is 0 Å². The van der Waals surface area contributed by atoms with Gasteiger partial charge < -0.3 is 21.3 Å². The average Bonchev–Trinajstić information content (AvgIpc) is 3.13. The number of hydrogen-bond acceptors (Lipinski definition) is 4. The van der Waals surface area contributed by atoms with Crippen LogP contribution >= 0.6 is 0 Å². The Hall–Kier alpha value is -0.160. The van der Waals surface area contributed by atoms with Crippen molar-refractivity contribution in [2.45, 2.75) is 245 Å². The number of rotatable bonds is 45. The standard InChI is InChI=1S/C46H98N4/c1-3-5-7-9-11-13-15-17-19-21-23-25-27-33-41-49(43-35-29-31-39-47)45-37-38-46-50(44-36-30-32-40-48)42-34-28-26-24-22-20-18-16-14-12-10-8-6-4-2/h3-48H2,1-2H3. The van der Waals surface area contributed by atoms with Gasteiger partial charge in [0.25, 0.3) is 0 Å². The van der Waals surface area contributed by atoms with Gasteiger partial charge in [-0.15, -0.1) is 0 Å². The second-order valence-corrected chi connectivity index (χ2v) is 16.3. The van der Waals surface area contributed by atoms with Crippen molar-refractivity contribution in [3.05, 3.63) is 0 Å². The van der Waals surface area contributed by atoms with Gasteiger partial charge in [-0.2, -0.15) is 0 Å². The summed E-state index contributed by atoms with van der Waals surface area (Å²) in [6, 6.07) is 0. The van der Waals surface area contributed by atoms with Crippen LogP contribution in [-0.2, 0) is 0 Å². The van der Waals surface area contributed by atoms with E-state index in [9.17, 15) is 0 Å². The zero-order valence-corrected chi connectivity index (χ0v) is 35.2. The summed E-state index contributed by atoms with van der Waals surface area (Å²) in [5.74, 6) is 0. The molecule has 0 spiro atoms. The summed E-state index contributed by atoms with van der Waals surface area (Å²) in [7, 11) is 0. The molecule has 0 rings (SSSR count). The predicted octanol–water partition coefficient (Wildman–Crippen LogP) is 13.6. The molecule has 0 fully saturated rings. The molecule has 0 aliphatic heterocycles. The molecule has 4 nitrogen and oxygen atoms in total. The minimum absolute atomic E-state index is 0.847. The molecule has 4 heteroatoms. The Labute approximate surface area is 317 Å². The zero-order chi connectivity index (χ0) is 36.3. The Kier molecular flexibility index (Phi) is 44.9. The van der Waals surface area contributed by atoms with Crippen LogP contribution in [0.15, 0.2) is 0 Å². The largest absolute Gasteiger partial charge is 0.330 e. The first-order valence-corrected chi connectivity index (χ1v) is 23.6. The Morgan fingerprint density at radius 2 is 0.380 bits per heavy atom. The van der Waals surface area contributed by atoms with Gasteiger partial charge in [0.15, 0.2) is 0 Å². The number of nitrogens with two attached hydrogens (primary N) is 2. The highest BCUT2D eigenvalue weighted by molar-refractivity contribution is 4.64. The second kappa shape index (κ2) is 45.0. The van der Waals surface area contributed by atoms with Crippen molar-refractivity contribution in [3.63, 3.8) is 0 Å². The van der Waals surface area contributed by atoms with E-state index >= 15 is 0 Å². The molecule has 0 saturated carbocycles. The molecule has 0 aromatic heterocycles. The normalized spacial score (nSPS) is 11.9. The lowest BCUT2D eigenvalue weighted by atomic mass is 10.0. The van der Waals surface area contributed by atoms with Crippen molar-refractivity contribution in [2.75, 3.05) is 52.4 Å². The van der Waals surface area contributed by atoms with Crippen LogP contribution in [0.2, 0.25) is 0 Å². The molecule has 0 aliphatic rings. The molecule has 0 unspecified atom stereocenters. The van der Waals surface area contributed by atoms with Gasteiger partial charge in [0.05, 0.1) is 0 Å². The molecule has 302 valence electrons. The first-order chi connectivity index (χ1) is 24.8. The highest BCUT2D eigenvalue weighted by atomic mass is 15.1. The quantitative estimate of drug-likeness (QED) is 0.0619. The summed E-state index contributed by atoms with van der Waals surface area (Å²) >= 11 is 0. The third-order valence-corrected chi connectivity index (χ3v) is 11.2. The predicted molar refractivity (Wildman–Crippen MR) is 229 cm³/mol. The summed E-state index contributed by atoms with van der Waals surface area (Å²) in [5.41, 5.74) is 11.6. The third-order valence-electron chi connectivity index (χ3n) is 11.2. The maximum absolute atomic E-state index is 5.79. The molecule has 0 radical (unpaired) electrons. The van der Waals surface area contributed by atoms with Crippen molar-refractivity contribution in [2.24, 2.45) is 11.5 Å². The molecular formula is C46H98N4. The Balaban J connectivity index is 4.13. The summed E-state index contributed by atoms with van der Waals surface area (Å²) in [6.45, 7) is 14.1. The summed E-state index contributed by atoms with van der Waals surface area (Å²) in [4.78, 5) is 5.60. The van der Waals surface area contributed by atoms with Crippen LogP contribution in [-0.4, -0.2) is 62.2 Å². The van der Waals surface area contributed by atoms with Crippen molar-refractivity contribution in [3.8, 4) is 0 Å². The van der Waals surface area contributed by atoms with E-state index in [2.05, 4.69) is 23.6 Å². The summed E-state index contributed by atoms with van der Waals surface area (Å²) in [6.07, 6.45) is 50.7. The molecule has 0 aromatic rings. The fourth-order valence-electron chi connectivity index (χ4n) is 7.71. The molecule has 0 amide bonds. The van der Waals surface area contributed by atoms with Gasteiger partial charge in [-0.3, -0.25) is 0 Å². The van der Waals surface area contributed by atoms with E-state index in [0.29, 0.717) is 0 Å². The van der Waals surface area contributed by atoms with Gasteiger partial charge in [-0.05, 0) is 104 Å². The van der Waals surface area contributed by atoms with Crippen LogP contribution in [0.5, 0.6) is 0 Å². The SMILES string of the molecule is CCCCCCCCCCCCCCCCN(CCCCCN)CCCCN(CCCCCN)CCCCCCCCCCCCCCCC. The highest BCUT2D eigenvalue weighted by Gasteiger charge is 2.08. The molecular weight excluding hydrogens is 609 g/mol. The number of nitrogens with zero attached hydrogens (tertiary/aromatic N) is 2. The van der Waals surface area contributed by atoms with E-state index in [-0.39, 0.29) is 0 Å². The van der Waals surface area contributed by atoms with Gasteiger partial charge >= 0.3 is 0 Å². The van der Waals surface area contributed by atoms with E-state index in [0.717, 1.165) is 13.1 Å². The molecule has 0 saturated heterocycles. The summed E-state index contributed by atoms with van der Waals surface area (Å²) < 4.78 is 0. The fraction of sp³-hybridized carbons (Fsp3) is 1.00. The van der Waals surface area contributed by atoms with Crippen LogP contribution in [0, 0.1) is 0 Å². The van der Waals surface area contributed by atoms with Gasteiger partial charge in [0, 0.05) is 0 Å². The number of hydrogen-bond donors (Lipinski definition) is 2. The first kappa shape index (κ1) is 49.8. The van der Waals surface area contributed by atoms with E-state index in [1.807, 2.05) is 0 Å². The Bertz CT molecular complexity index is 534. The fourth-order valence-corrected chi connectivity index (χ4v) is 7.71. The lowest BCUT2D eigenvalue weighted by molar-refractivity contribution is 0.230. The van der Waals surface area contributed by atoms with Crippen LogP contribution in [0.3, 0.4) is 0 Å². The molecule has 0 heterocycles. The van der Waals surface area contributed by atoms with Gasteiger partial charge in [-0.25, -0.2) is 0 Å². The Morgan fingerprint density at radius 1 is 0.220 bits per heavy atom. The topological polar surface area (TPSA) is 58.5 Å². The lowest BCUT2D eigenvalue weighted by Crippen LogP contribution is -2.30.